The number of thiazole rings is 1. The molecule has 1 saturated heterocycles. The standard InChI is InChI=1S/C25H36N4O3S/c1-15(2)21(28-25(4,5)6)24(32)29-13-19(30)11-20(29)23(31)26-12-17-7-9-18(10-8-17)22-16(3)27-14-33-22/h7-10,14-15,19-21,28,30H,11-13H2,1-6H3,(H,26,31)/t19-,20+,21+/m1/s1. The van der Waals surface area contributed by atoms with E-state index in [0.29, 0.717) is 6.54 Å². The Morgan fingerprint density at radius 1 is 1.24 bits per heavy atom. The van der Waals surface area contributed by atoms with Gasteiger partial charge < -0.3 is 20.6 Å². The van der Waals surface area contributed by atoms with E-state index in [1.807, 2.05) is 71.3 Å². The maximum absolute atomic E-state index is 13.3. The molecule has 2 amide bonds. The Kier molecular flexibility index (Phi) is 7.92. The smallest absolute Gasteiger partial charge is 0.243 e. The fourth-order valence-electron chi connectivity index (χ4n) is 4.12. The third-order valence-electron chi connectivity index (χ3n) is 5.81. The van der Waals surface area contributed by atoms with Crippen LogP contribution in [-0.2, 0) is 16.1 Å². The highest BCUT2D eigenvalue weighted by atomic mass is 32.1. The van der Waals surface area contributed by atoms with E-state index >= 15 is 0 Å². The van der Waals surface area contributed by atoms with Gasteiger partial charge in [0.15, 0.2) is 0 Å². The van der Waals surface area contributed by atoms with Crippen molar-refractivity contribution >= 4 is 23.2 Å². The van der Waals surface area contributed by atoms with Crippen LogP contribution < -0.4 is 10.6 Å². The van der Waals surface area contributed by atoms with E-state index in [-0.39, 0.29) is 36.2 Å². The summed E-state index contributed by atoms with van der Waals surface area (Å²) in [5.41, 5.74) is 4.67. The van der Waals surface area contributed by atoms with Gasteiger partial charge in [0.1, 0.15) is 6.04 Å². The van der Waals surface area contributed by atoms with Gasteiger partial charge in [-0.2, -0.15) is 0 Å². The number of hydrogen-bond donors (Lipinski definition) is 3. The van der Waals surface area contributed by atoms with Gasteiger partial charge in [0.2, 0.25) is 11.8 Å². The topological polar surface area (TPSA) is 94.6 Å². The molecule has 0 saturated carbocycles. The first kappa shape index (κ1) is 25.3. The number of rotatable bonds is 7. The van der Waals surface area contributed by atoms with E-state index in [9.17, 15) is 14.7 Å². The second-order valence-corrected chi connectivity index (χ2v) is 11.0. The van der Waals surface area contributed by atoms with Crippen molar-refractivity contribution in [1.82, 2.24) is 20.5 Å². The molecule has 1 aromatic heterocycles. The molecule has 8 heteroatoms. The molecule has 0 spiro atoms. The number of nitrogens with one attached hydrogen (secondary N) is 2. The van der Waals surface area contributed by atoms with Gasteiger partial charge in [-0.05, 0) is 44.7 Å². The van der Waals surface area contributed by atoms with E-state index in [1.165, 1.54) is 0 Å². The molecule has 1 fully saturated rings. The minimum Gasteiger partial charge on any atom is -0.391 e. The molecule has 2 aromatic rings. The summed E-state index contributed by atoms with van der Waals surface area (Å²) in [6.45, 7) is 12.5. The van der Waals surface area contributed by atoms with Crippen molar-refractivity contribution in [1.29, 1.82) is 0 Å². The maximum Gasteiger partial charge on any atom is 0.243 e. The number of benzene rings is 1. The molecule has 3 N–H and O–H groups in total. The average molecular weight is 473 g/mol. The molecule has 1 aromatic carbocycles. The molecule has 0 radical (unpaired) electrons. The van der Waals surface area contributed by atoms with Crippen LogP contribution in [-0.4, -0.2) is 57.1 Å². The van der Waals surface area contributed by atoms with Gasteiger partial charge in [-0.25, -0.2) is 4.98 Å². The van der Waals surface area contributed by atoms with Crippen molar-refractivity contribution in [2.24, 2.45) is 5.92 Å². The number of aliphatic hydroxyl groups excluding tert-OH is 1. The highest BCUT2D eigenvalue weighted by Crippen LogP contribution is 2.27. The molecule has 7 nitrogen and oxygen atoms in total. The summed E-state index contributed by atoms with van der Waals surface area (Å²) in [6.07, 6.45) is -0.448. The lowest BCUT2D eigenvalue weighted by Crippen LogP contribution is -2.57. The van der Waals surface area contributed by atoms with Crippen LogP contribution in [0.2, 0.25) is 0 Å². The predicted molar refractivity (Wildman–Crippen MR) is 132 cm³/mol. The van der Waals surface area contributed by atoms with Crippen LogP contribution in [0.15, 0.2) is 29.8 Å². The number of likely N-dealkylation sites (tertiary alicyclic amines) is 1. The van der Waals surface area contributed by atoms with Crippen LogP contribution in [0.4, 0.5) is 0 Å². The van der Waals surface area contributed by atoms with Gasteiger partial charge in [0.05, 0.1) is 28.2 Å². The third kappa shape index (κ3) is 6.40. The molecule has 3 rings (SSSR count). The number of aromatic nitrogens is 1. The van der Waals surface area contributed by atoms with Gasteiger partial charge in [-0.3, -0.25) is 9.59 Å². The summed E-state index contributed by atoms with van der Waals surface area (Å²) in [4.78, 5) is 33.3. The number of carbonyl (C=O) groups is 2. The molecule has 2 heterocycles. The normalized spacial score (nSPS) is 19.7. The first-order valence-electron chi connectivity index (χ1n) is 11.5. The lowest BCUT2D eigenvalue weighted by Gasteiger charge is -2.34. The first-order chi connectivity index (χ1) is 15.5. The SMILES string of the molecule is Cc1ncsc1-c1ccc(CNC(=O)[C@@H]2C[C@@H](O)CN2C(=O)[C@@H](NC(C)(C)C)C(C)C)cc1. The summed E-state index contributed by atoms with van der Waals surface area (Å²) in [6, 6.07) is 6.94. The molecule has 0 aliphatic carbocycles. The Morgan fingerprint density at radius 3 is 2.45 bits per heavy atom. The minimum atomic E-state index is -0.700. The largest absolute Gasteiger partial charge is 0.391 e. The quantitative estimate of drug-likeness (QED) is 0.576. The molecule has 180 valence electrons. The van der Waals surface area contributed by atoms with Gasteiger partial charge in [0, 0.05) is 25.0 Å². The monoisotopic (exact) mass is 472 g/mol. The molecule has 0 unspecified atom stereocenters. The number of aryl methyl sites for hydroxylation is 1. The van der Waals surface area contributed by atoms with E-state index in [4.69, 9.17) is 0 Å². The zero-order valence-electron chi connectivity index (χ0n) is 20.4. The Labute approximate surface area is 200 Å². The van der Waals surface area contributed by atoms with Crippen LogP contribution in [0.1, 0.15) is 52.3 Å². The average Bonchev–Trinajstić information content (AvgIpc) is 3.35. The fourth-order valence-corrected chi connectivity index (χ4v) is 4.94. The van der Waals surface area contributed by atoms with Gasteiger partial charge in [-0.15, -0.1) is 11.3 Å². The lowest BCUT2D eigenvalue weighted by molar-refractivity contribution is -0.141. The van der Waals surface area contributed by atoms with Crippen molar-refractivity contribution in [3.63, 3.8) is 0 Å². The second-order valence-electron chi connectivity index (χ2n) is 10.2. The number of β-amino-alcohol motifs (C(OH)–C–C–N with tert-alkyl or cyclic N) is 1. The highest BCUT2D eigenvalue weighted by Gasteiger charge is 2.42. The summed E-state index contributed by atoms with van der Waals surface area (Å²) in [7, 11) is 0. The fraction of sp³-hybridized carbons (Fsp3) is 0.560. The number of carbonyl (C=O) groups excluding carboxylic acids is 2. The van der Waals surface area contributed by atoms with E-state index in [2.05, 4.69) is 15.6 Å². The van der Waals surface area contributed by atoms with Gasteiger partial charge in [0.25, 0.3) is 0 Å². The summed E-state index contributed by atoms with van der Waals surface area (Å²) in [5.74, 6) is -0.319. The van der Waals surface area contributed by atoms with Crippen molar-refractivity contribution in [3.05, 3.63) is 41.0 Å². The summed E-state index contributed by atoms with van der Waals surface area (Å²) < 4.78 is 0. The molecular formula is C25H36N4O3S. The summed E-state index contributed by atoms with van der Waals surface area (Å²) >= 11 is 1.61. The summed E-state index contributed by atoms with van der Waals surface area (Å²) in [5, 5.41) is 16.6. The van der Waals surface area contributed by atoms with Crippen molar-refractivity contribution < 1.29 is 14.7 Å². The number of aliphatic hydroxyl groups is 1. The number of hydrogen-bond acceptors (Lipinski definition) is 6. The van der Waals surface area contributed by atoms with E-state index < -0.39 is 18.2 Å². The Morgan fingerprint density at radius 2 is 1.91 bits per heavy atom. The Hall–Kier alpha value is -2.29. The molecule has 3 atom stereocenters. The molecule has 33 heavy (non-hydrogen) atoms. The van der Waals surface area contributed by atoms with Gasteiger partial charge in [-0.1, -0.05) is 38.1 Å². The van der Waals surface area contributed by atoms with Crippen LogP contribution >= 0.6 is 11.3 Å². The predicted octanol–water partition coefficient (Wildman–Crippen LogP) is 3.11. The third-order valence-corrected chi connectivity index (χ3v) is 6.79. The van der Waals surface area contributed by atoms with Crippen molar-refractivity contribution in [2.75, 3.05) is 6.54 Å². The zero-order chi connectivity index (χ0) is 24.3. The van der Waals surface area contributed by atoms with Crippen molar-refractivity contribution in [3.8, 4) is 10.4 Å². The van der Waals surface area contributed by atoms with E-state index in [0.717, 1.165) is 21.7 Å². The number of amides is 2. The number of nitrogens with zero attached hydrogens (tertiary/aromatic N) is 2. The zero-order valence-corrected chi connectivity index (χ0v) is 21.2. The maximum atomic E-state index is 13.3. The second kappa shape index (κ2) is 10.3. The Bertz CT molecular complexity index is 965. The Balaban J connectivity index is 1.65. The van der Waals surface area contributed by atoms with Crippen LogP contribution in [0.3, 0.4) is 0 Å². The van der Waals surface area contributed by atoms with E-state index in [1.54, 1.807) is 16.2 Å². The van der Waals surface area contributed by atoms with Crippen LogP contribution in [0.5, 0.6) is 0 Å². The minimum absolute atomic E-state index is 0.0545. The highest BCUT2D eigenvalue weighted by molar-refractivity contribution is 7.13. The van der Waals surface area contributed by atoms with Crippen LogP contribution in [0.25, 0.3) is 10.4 Å². The molecule has 1 aliphatic rings. The van der Waals surface area contributed by atoms with Gasteiger partial charge >= 0.3 is 0 Å². The molecular weight excluding hydrogens is 436 g/mol. The van der Waals surface area contributed by atoms with Crippen LogP contribution in [0, 0.1) is 12.8 Å². The lowest BCUT2D eigenvalue weighted by atomic mass is 9.98. The van der Waals surface area contributed by atoms with Crippen molar-refractivity contribution in [2.45, 2.75) is 78.2 Å². The first-order valence-corrected chi connectivity index (χ1v) is 12.4. The molecule has 1 aliphatic heterocycles. The molecule has 0 bridgehead atoms.